The maximum Gasteiger partial charge on any atom is 0.339 e. The Morgan fingerprint density at radius 3 is 2.76 bits per heavy atom. The van der Waals surface area contributed by atoms with Crippen LogP contribution in [0.2, 0.25) is 0 Å². The second kappa shape index (κ2) is 11.3. The maximum absolute atomic E-state index is 13.3. The zero-order chi connectivity index (χ0) is 24.0. The minimum atomic E-state index is -1.15. The lowest BCUT2D eigenvalue weighted by Gasteiger charge is -2.24. The molecule has 3 aliphatic rings. The van der Waals surface area contributed by atoms with Crippen LogP contribution in [0, 0.1) is 0 Å². The monoisotopic (exact) mass is 477 g/mol. The standard InChI is InChI=1S/C22H27N3O7S/c1-13-6-7-14-12-33-20(22(31)32-13)24-19(29)17-11-25(21(14)30)8-4-2-3-5-15(26)9-16(27)10-18(28)23-17/h2-5,7,11,13,15-16,20,26-27H,6,8-10,12H2,1H3,(H,23,28)(H,24,29). The van der Waals surface area contributed by atoms with Gasteiger partial charge < -0.3 is 30.5 Å². The summed E-state index contributed by atoms with van der Waals surface area (Å²) >= 11 is 1.05. The Labute approximate surface area is 195 Å². The normalized spacial score (nSPS) is 30.0. The molecule has 0 aromatic rings. The molecule has 33 heavy (non-hydrogen) atoms. The van der Waals surface area contributed by atoms with Gasteiger partial charge in [-0.15, -0.1) is 11.8 Å². The van der Waals surface area contributed by atoms with Crippen molar-refractivity contribution in [1.82, 2.24) is 15.5 Å². The summed E-state index contributed by atoms with van der Waals surface area (Å²) in [5.74, 6) is -2.31. The predicted molar refractivity (Wildman–Crippen MR) is 120 cm³/mol. The third kappa shape index (κ3) is 7.04. The first-order valence-electron chi connectivity index (χ1n) is 10.6. The number of carbonyl (C=O) groups is 4. The van der Waals surface area contributed by atoms with Crippen molar-refractivity contribution >= 4 is 35.5 Å². The van der Waals surface area contributed by atoms with Crippen LogP contribution in [0.25, 0.3) is 0 Å². The molecule has 4 atom stereocenters. The van der Waals surface area contributed by atoms with Gasteiger partial charge in [0.2, 0.25) is 5.91 Å². The highest BCUT2D eigenvalue weighted by molar-refractivity contribution is 8.00. The lowest BCUT2D eigenvalue weighted by atomic mass is 10.1. The highest BCUT2D eigenvalue weighted by atomic mass is 32.2. The Balaban J connectivity index is 2.03. The van der Waals surface area contributed by atoms with E-state index in [0.29, 0.717) is 12.0 Å². The van der Waals surface area contributed by atoms with Crippen molar-refractivity contribution in [3.63, 3.8) is 0 Å². The van der Waals surface area contributed by atoms with E-state index in [1.54, 1.807) is 31.2 Å². The number of hydrogen-bond donors (Lipinski definition) is 4. The average Bonchev–Trinajstić information content (AvgIpc) is 2.80. The molecule has 0 aromatic heterocycles. The Morgan fingerprint density at radius 2 is 1.97 bits per heavy atom. The van der Waals surface area contributed by atoms with Crippen LogP contribution in [0.1, 0.15) is 26.2 Å². The third-order valence-corrected chi connectivity index (χ3v) is 6.17. The zero-order valence-electron chi connectivity index (χ0n) is 18.1. The van der Waals surface area contributed by atoms with Crippen LogP contribution < -0.4 is 10.6 Å². The molecule has 0 saturated heterocycles. The smallest absolute Gasteiger partial charge is 0.339 e. The van der Waals surface area contributed by atoms with Crippen LogP contribution in [-0.4, -0.2) is 74.8 Å². The number of rotatable bonds is 0. The van der Waals surface area contributed by atoms with Gasteiger partial charge in [-0.05, 0) is 6.92 Å². The van der Waals surface area contributed by atoms with Gasteiger partial charge in [-0.2, -0.15) is 0 Å². The molecule has 0 radical (unpaired) electrons. The first kappa shape index (κ1) is 24.7. The van der Waals surface area contributed by atoms with Gasteiger partial charge in [0, 0.05) is 36.9 Å². The Kier molecular flexibility index (Phi) is 8.48. The number of esters is 1. The summed E-state index contributed by atoms with van der Waals surface area (Å²) in [6, 6.07) is 0. The van der Waals surface area contributed by atoms with E-state index in [1.807, 2.05) is 0 Å². The molecule has 0 aliphatic carbocycles. The molecule has 0 fully saturated rings. The van der Waals surface area contributed by atoms with E-state index in [2.05, 4.69) is 10.6 Å². The van der Waals surface area contributed by atoms with E-state index in [9.17, 15) is 29.4 Å². The van der Waals surface area contributed by atoms with Gasteiger partial charge in [0.1, 0.15) is 11.8 Å². The predicted octanol–water partition coefficient (Wildman–Crippen LogP) is -0.148. The number of cyclic esters (lactones) is 1. The molecule has 3 heterocycles. The largest absolute Gasteiger partial charge is 0.460 e. The van der Waals surface area contributed by atoms with E-state index >= 15 is 0 Å². The number of allylic oxidation sites excluding steroid dienone is 2. The molecule has 0 saturated carbocycles. The van der Waals surface area contributed by atoms with Gasteiger partial charge in [0.15, 0.2) is 5.37 Å². The second-order valence-electron chi connectivity index (χ2n) is 7.90. The summed E-state index contributed by atoms with van der Waals surface area (Å²) in [5, 5.41) is 24.0. The van der Waals surface area contributed by atoms with Crippen molar-refractivity contribution in [2.24, 2.45) is 0 Å². The van der Waals surface area contributed by atoms with Crippen molar-refractivity contribution < 1.29 is 34.1 Å². The Hall–Kier alpha value is -2.89. The summed E-state index contributed by atoms with van der Waals surface area (Å²) < 4.78 is 5.36. The zero-order valence-corrected chi connectivity index (χ0v) is 18.9. The van der Waals surface area contributed by atoms with E-state index in [4.69, 9.17) is 4.74 Å². The van der Waals surface area contributed by atoms with Crippen LogP contribution in [0.5, 0.6) is 0 Å². The number of thioether (sulfide) groups is 1. The van der Waals surface area contributed by atoms with Gasteiger partial charge in [-0.3, -0.25) is 14.4 Å². The van der Waals surface area contributed by atoms with Crippen LogP contribution in [0.15, 0.2) is 47.9 Å². The fourth-order valence-electron chi connectivity index (χ4n) is 3.35. The molecule has 3 amide bonds. The fraction of sp³-hybridized carbons (Fsp3) is 0.455. The number of carbonyl (C=O) groups excluding carboxylic acids is 4. The van der Waals surface area contributed by atoms with E-state index in [0.717, 1.165) is 11.8 Å². The lowest BCUT2D eigenvalue weighted by molar-refractivity contribution is -0.149. The number of aliphatic hydroxyl groups excluding tert-OH is 2. The number of fused-ring (bicyclic) bond motifs is 4. The molecular weight excluding hydrogens is 450 g/mol. The first-order valence-corrected chi connectivity index (χ1v) is 11.6. The summed E-state index contributed by atoms with van der Waals surface area (Å²) in [7, 11) is 0. The fourth-order valence-corrected chi connectivity index (χ4v) is 4.32. The van der Waals surface area contributed by atoms with Crippen LogP contribution in [0.3, 0.4) is 0 Å². The number of amides is 3. The molecule has 4 N–H and O–H groups in total. The highest BCUT2D eigenvalue weighted by Gasteiger charge is 2.31. The minimum Gasteiger partial charge on any atom is -0.460 e. The SMILES string of the molecule is CC1CC=C2CSC(NC(=O)C3=CN(CC=CC=CC(O)CC(O)CC(=O)N3)C2=O)C(=O)O1. The van der Waals surface area contributed by atoms with E-state index in [-0.39, 0.29) is 36.7 Å². The van der Waals surface area contributed by atoms with Crippen molar-refractivity contribution in [2.75, 3.05) is 12.3 Å². The summed E-state index contributed by atoms with van der Waals surface area (Å²) in [4.78, 5) is 52.6. The average molecular weight is 478 g/mol. The van der Waals surface area contributed by atoms with Crippen molar-refractivity contribution in [3.8, 4) is 0 Å². The molecule has 3 aliphatic heterocycles. The third-order valence-electron chi connectivity index (χ3n) is 5.05. The topological polar surface area (TPSA) is 145 Å². The van der Waals surface area contributed by atoms with Gasteiger partial charge in [-0.25, -0.2) is 4.79 Å². The maximum atomic E-state index is 13.3. The van der Waals surface area contributed by atoms with Gasteiger partial charge in [0.05, 0.1) is 18.6 Å². The van der Waals surface area contributed by atoms with Gasteiger partial charge in [0.25, 0.3) is 11.8 Å². The molecule has 0 spiro atoms. The number of nitrogens with zero attached hydrogens (tertiary/aromatic N) is 1. The highest BCUT2D eigenvalue weighted by Crippen LogP contribution is 2.23. The Bertz CT molecular complexity index is 927. The molecule has 11 heteroatoms. The molecule has 4 bridgehead atoms. The van der Waals surface area contributed by atoms with E-state index in [1.165, 1.54) is 17.2 Å². The van der Waals surface area contributed by atoms with Crippen molar-refractivity contribution in [1.29, 1.82) is 0 Å². The molecule has 4 unspecified atom stereocenters. The molecule has 178 valence electrons. The summed E-state index contributed by atoms with van der Waals surface area (Å²) in [6.07, 6.45) is 6.58. The number of ether oxygens (including phenoxy) is 1. The number of hydrogen-bond acceptors (Lipinski definition) is 8. The van der Waals surface area contributed by atoms with Gasteiger partial charge >= 0.3 is 5.97 Å². The van der Waals surface area contributed by atoms with Gasteiger partial charge in [-0.1, -0.05) is 30.4 Å². The number of nitrogens with one attached hydrogen (secondary N) is 2. The van der Waals surface area contributed by atoms with Crippen LogP contribution in [-0.2, 0) is 23.9 Å². The lowest BCUT2D eigenvalue weighted by Crippen LogP contribution is -2.46. The minimum absolute atomic E-state index is 0.0650. The molecular formula is C22H27N3O7S. The first-order chi connectivity index (χ1) is 15.7. The summed E-state index contributed by atoms with van der Waals surface area (Å²) in [6.45, 7) is 1.79. The van der Waals surface area contributed by atoms with Crippen LogP contribution >= 0.6 is 11.8 Å². The van der Waals surface area contributed by atoms with Crippen LogP contribution in [0.4, 0.5) is 0 Å². The molecule has 10 nitrogen and oxygen atoms in total. The molecule has 0 aromatic carbocycles. The quantitative estimate of drug-likeness (QED) is 0.353. The molecule has 3 rings (SSSR count). The number of aliphatic hydroxyl groups is 2. The van der Waals surface area contributed by atoms with Crippen molar-refractivity contribution in [2.45, 2.75) is 49.9 Å². The van der Waals surface area contributed by atoms with E-state index < -0.39 is 41.5 Å². The van der Waals surface area contributed by atoms with Crippen molar-refractivity contribution in [3.05, 3.63) is 47.9 Å². The Morgan fingerprint density at radius 1 is 1.18 bits per heavy atom. The summed E-state index contributed by atoms with van der Waals surface area (Å²) in [5.41, 5.74) is 0.179. The second-order valence-corrected chi connectivity index (χ2v) is 8.99.